The summed E-state index contributed by atoms with van der Waals surface area (Å²) in [5, 5.41) is 4.11. The van der Waals surface area contributed by atoms with Crippen LogP contribution in [0.1, 0.15) is 15.5 Å². The lowest BCUT2D eigenvalue weighted by molar-refractivity contribution is 0.0785. The lowest BCUT2D eigenvalue weighted by Gasteiger charge is -2.29. The Morgan fingerprint density at radius 1 is 1.41 bits per heavy atom. The number of nitrogens with one attached hydrogen (secondary N) is 1. The van der Waals surface area contributed by atoms with E-state index >= 15 is 0 Å². The summed E-state index contributed by atoms with van der Waals surface area (Å²) in [5.41, 5.74) is 0.839. The van der Waals surface area contributed by atoms with E-state index < -0.39 is 0 Å². The SMILES string of the molecule is Cc1nc(C(=O)N2CC3CNC3C2)c(-c2ccccc2F)s1. The quantitative estimate of drug-likeness (QED) is 0.924. The van der Waals surface area contributed by atoms with Crippen LogP contribution < -0.4 is 5.32 Å². The Labute approximate surface area is 132 Å². The highest BCUT2D eigenvalue weighted by molar-refractivity contribution is 7.15. The monoisotopic (exact) mass is 317 g/mol. The molecule has 0 saturated carbocycles. The third-order valence-corrected chi connectivity index (χ3v) is 5.43. The molecule has 2 aromatic rings. The van der Waals surface area contributed by atoms with Gasteiger partial charge in [-0.15, -0.1) is 11.3 Å². The first kappa shape index (κ1) is 13.8. The number of aromatic nitrogens is 1. The smallest absolute Gasteiger partial charge is 0.274 e. The molecule has 114 valence electrons. The Bertz CT molecular complexity index is 733. The zero-order chi connectivity index (χ0) is 15.3. The van der Waals surface area contributed by atoms with Crippen LogP contribution in [-0.2, 0) is 0 Å². The van der Waals surface area contributed by atoms with Gasteiger partial charge in [-0.05, 0) is 13.0 Å². The number of hydrogen-bond donors (Lipinski definition) is 1. The molecule has 0 bridgehead atoms. The molecule has 2 unspecified atom stereocenters. The second kappa shape index (κ2) is 5.14. The van der Waals surface area contributed by atoms with Crippen molar-refractivity contribution in [1.82, 2.24) is 15.2 Å². The first-order valence-electron chi connectivity index (χ1n) is 7.38. The van der Waals surface area contributed by atoms with Crippen molar-refractivity contribution in [1.29, 1.82) is 0 Å². The number of likely N-dealkylation sites (tertiary alicyclic amines) is 1. The van der Waals surface area contributed by atoms with Crippen LogP contribution in [0.2, 0.25) is 0 Å². The molecule has 4 nitrogen and oxygen atoms in total. The van der Waals surface area contributed by atoms with Gasteiger partial charge in [0.15, 0.2) is 0 Å². The maximum atomic E-state index is 14.1. The van der Waals surface area contributed by atoms with E-state index in [1.807, 2.05) is 11.8 Å². The van der Waals surface area contributed by atoms with Gasteiger partial charge in [-0.3, -0.25) is 4.79 Å². The maximum absolute atomic E-state index is 14.1. The number of carbonyl (C=O) groups is 1. The zero-order valence-corrected chi connectivity index (χ0v) is 13.0. The predicted molar refractivity (Wildman–Crippen MR) is 83.4 cm³/mol. The molecule has 2 saturated heterocycles. The van der Waals surface area contributed by atoms with Gasteiger partial charge in [0.2, 0.25) is 0 Å². The van der Waals surface area contributed by atoms with Crippen molar-refractivity contribution in [2.75, 3.05) is 19.6 Å². The molecule has 2 fully saturated rings. The Hall–Kier alpha value is -1.79. The van der Waals surface area contributed by atoms with Crippen LogP contribution >= 0.6 is 11.3 Å². The van der Waals surface area contributed by atoms with E-state index in [2.05, 4.69) is 10.3 Å². The molecule has 1 aromatic heterocycles. The van der Waals surface area contributed by atoms with Gasteiger partial charge in [0, 0.05) is 37.2 Å². The third kappa shape index (κ3) is 2.14. The number of halogens is 1. The Kier molecular flexibility index (Phi) is 3.23. The van der Waals surface area contributed by atoms with Crippen molar-refractivity contribution >= 4 is 17.2 Å². The minimum absolute atomic E-state index is 0.0844. The maximum Gasteiger partial charge on any atom is 0.274 e. The first-order valence-corrected chi connectivity index (χ1v) is 8.20. The number of benzene rings is 1. The van der Waals surface area contributed by atoms with Gasteiger partial charge < -0.3 is 10.2 Å². The van der Waals surface area contributed by atoms with Crippen molar-refractivity contribution < 1.29 is 9.18 Å². The van der Waals surface area contributed by atoms with E-state index in [9.17, 15) is 9.18 Å². The summed E-state index contributed by atoms with van der Waals surface area (Å²) in [7, 11) is 0. The van der Waals surface area contributed by atoms with Crippen LogP contribution in [0, 0.1) is 18.7 Å². The fourth-order valence-corrected chi connectivity index (χ4v) is 4.10. The molecule has 0 radical (unpaired) electrons. The van der Waals surface area contributed by atoms with Crippen molar-refractivity contribution in [2.24, 2.45) is 5.92 Å². The molecule has 22 heavy (non-hydrogen) atoms. The highest BCUT2D eigenvalue weighted by atomic mass is 32.1. The van der Waals surface area contributed by atoms with Crippen LogP contribution in [0.4, 0.5) is 4.39 Å². The number of hydrogen-bond acceptors (Lipinski definition) is 4. The Morgan fingerprint density at radius 2 is 2.23 bits per heavy atom. The van der Waals surface area contributed by atoms with E-state index in [1.54, 1.807) is 18.2 Å². The van der Waals surface area contributed by atoms with E-state index in [0.717, 1.165) is 24.6 Å². The predicted octanol–water partition coefficient (Wildman–Crippen LogP) is 2.30. The summed E-state index contributed by atoms with van der Waals surface area (Å²) in [4.78, 5) is 19.7. The molecule has 6 heteroatoms. The van der Waals surface area contributed by atoms with Gasteiger partial charge in [0.05, 0.1) is 9.88 Å². The average Bonchev–Trinajstić information content (AvgIpc) is 3.00. The molecule has 0 spiro atoms. The number of rotatable bonds is 2. The Morgan fingerprint density at radius 3 is 2.86 bits per heavy atom. The fourth-order valence-electron chi connectivity index (χ4n) is 3.17. The highest BCUT2D eigenvalue weighted by Crippen LogP contribution is 2.34. The number of aryl methyl sites for hydroxylation is 1. The van der Waals surface area contributed by atoms with Crippen molar-refractivity contribution in [3.63, 3.8) is 0 Å². The number of nitrogens with zero attached hydrogens (tertiary/aromatic N) is 2. The van der Waals surface area contributed by atoms with E-state index in [-0.39, 0.29) is 11.7 Å². The number of thiazole rings is 1. The Balaban J connectivity index is 1.70. The van der Waals surface area contributed by atoms with E-state index in [0.29, 0.717) is 28.1 Å². The number of amides is 1. The van der Waals surface area contributed by atoms with Gasteiger partial charge in [-0.1, -0.05) is 18.2 Å². The molecule has 1 amide bonds. The van der Waals surface area contributed by atoms with Crippen LogP contribution in [0.15, 0.2) is 24.3 Å². The molecule has 1 aromatic carbocycles. The third-order valence-electron chi connectivity index (χ3n) is 4.43. The van der Waals surface area contributed by atoms with E-state index in [4.69, 9.17) is 0 Å². The summed E-state index contributed by atoms with van der Waals surface area (Å²) < 4.78 is 14.1. The molecule has 0 aliphatic carbocycles. The van der Waals surface area contributed by atoms with Gasteiger partial charge in [-0.2, -0.15) is 0 Å². The van der Waals surface area contributed by atoms with Gasteiger partial charge in [0.25, 0.3) is 5.91 Å². The summed E-state index contributed by atoms with van der Waals surface area (Å²) in [5.74, 6) is 0.155. The van der Waals surface area contributed by atoms with Crippen molar-refractivity contribution in [3.8, 4) is 10.4 Å². The molecule has 2 aliphatic rings. The summed E-state index contributed by atoms with van der Waals surface area (Å²) in [6, 6.07) is 6.97. The molecule has 1 N–H and O–H groups in total. The summed E-state index contributed by atoms with van der Waals surface area (Å²) in [6.07, 6.45) is 0. The summed E-state index contributed by atoms with van der Waals surface area (Å²) in [6.45, 7) is 4.31. The van der Waals surface area contributed by atoms with Gasteiger partial charge in [-0.25, -0.2) is 9.37 Å². The molecule has 2 atom stereocenters. The standard InChI is InChI=1S/C16H16FN3OS/c1-9-19-14(15(22-9)11-4-2-3-5-12(11)17)16(21)20-7-10-6-18-13(10)8-20/h2-5,10,13,18H,6-8H2,1H3. The number of carbonyl (C=O) groups excluding carboxylic acids is 1. The minimum atomic E-state index is -0.316. The van der Waals surface area contributed by atoms with Crippen LogP contribution in [-0.4, -0.2) is 41.5 Å². The van der Waals surface area contributed by atoms with Gasteiger partial charge in [0.1, 0.15) is 11.5 Å². The molecule has 4 rings (SSSR count). The molecular formula is C16H16FN3OS. The molecular weight excluding hydrogens is 301 g/mol. The van der Waals surface area contributed by atoms with Crippen LogP contribution in [0.5, 0.6) is 0 Å². The second-order valence-electron chi connectivity index (χ2n) is 5.88. The van der Waals surface area contributed by atoms with Gasteiger partial charge >= 0.3 is 0 Å². The largest absolute Gasteiger partial charge is 0.335 e. The normalized spacial score (nSPS) is 23.3. The minimum Gasteiger partial charge on any atom is -0.335 e. The van der Waals surface area contributed by atoms with Crippen molar-refractivity contribution in [3.05, 3.63) is 40.8 Å². The number of fused-ring (bicyclic) bond motifs is 1. The first-order chi connectivity index (χ1) is 10.6. The molecule has 2 aliphatic heterocycles. The topological polar surface area (TPSA) is 45.2 Å². The lowest BCUT2D eigenvalue weighted by atomic mass is 9.96. The van der Waals surface area contributed by atoms with Crippen molar-refractivity contribution in [2.45, 2.75) is 13.0 Å². The lowest BCUT2D eigenvalue weighted by Crippen LogP contribution is -2.51. The zero-order valence-electron chi connectivity index (χ0n) is 12.2. The van der Waals surface area contributed by atoms with Crippen LogP contribution in [0.25, 0.3) is 10.4 Å². The van der Waals surface area contributed by atoms with Crippen LogP contribution in [0.3, 0.4) is 0 Å². The summed E-state index contributed by atoms with van der Waals surface area (Å²) >= 11 is 1.37. The highest BCUT2D eigenvalue weighted by Gasteiger charge is 2.41. The van der Waals surface area contributed by atoms with E-state index in [1.165, 1.54) is 17.4 Å². The molecule has 3 heterocycles. The average molecular weight is 317 g/mol. The fraction of sp³-hybridized carbons (Fsp3) is 0.375. The second-order valence-corrected chi connectivity index (χ2v) is 7.08.